The number of methoxy groups -OCH3 is 2. The van der Waals surface area contributed by atoms with Crippen molar-refractivity contribution in [3.63, 3.8) is 0 Å². The van der Waals surface area contributed by atoms with Crippen molar-refractivity contribution >= 4 is 23.0 Å². The molecule has 0 spiro atoms. The zero-order chi connectivity index (χ0) is 18.1. The molecule has 0 aliphatic carbocycles. The van der Waals surface area contributed by atoms with Crippen molar-refractivity contribution in [2.24, 2.45) is 0 Å². The third-order valence-electron chi connectivity index (χ3n) is 4.18. The molecule has 1 aliphatic rings. The van der Waals surface area contributed by atoms with Gasteiger partial charge in [-0.3, -0.25) is 0 Å². The summed E-state index contributed by atoms with van der Waals surface area (Å²) in [6.45, 7) is 3.51. The standard InChI is InChI=1S/C17H17N3O5/c1-8-13(16(21)23-3)15(14(9(2)18-8)17(22)24-4)10-5-6-11-12(7-10)20-25-19-11/h5-7,15,18H,1-4H3. The minimum Gasteiger partial charge on any atom is -0.466 e. The Morgan fingerprint density at radius 3 is 2.12 bits per heavy atom. The van der Waals surface area contributed by atoms with E-state index in [1.807, 2.05) is 0 Å². The maximum atomic E-state index is 12.4. The Kier molecular flexibility index (Phi) is 4.26. The van der Waals surface area contributed by atoms with E-state index < -0.39 is 17.9 Å². The second-order valence-corrected chi connectivity index (χ2v) is 5.63. The smallest absolute Gasteiger partial charge is 0.336 e. The molecule has 1 aromatic carbocycles. The maximum Gasteiger partial charge on any atom is 0.336 e. The SMILES string of the molecule is COC(=O)C1=C(C)NC(C)=C(C(=O)OC)C1c1ccc2nonc2c1. The molecular formula is C17H17N3O5. The van der Waals surface area contributed by atoms with E-state index in [1.54, 1.807) is 32.0 Å². The lowest BCUT2D eigenvalue weighted by Gasteiger charge is -2.30. The lowest BCUT2D eigenvalue weighted by Crippen LogP contribution is -2.32. The molecule has 0 bridgehead atoms. The molecule has 0 radical (unpaired) electrons. The number of allylic oxidation sites excluding steroid dienone is 2. The van der Waals surface area contributed by atoms with Crippen molar-refractivity contribution in [1.29, 1.82) is 0 Å². The summed E-state index contributed by atoms with van der Waals surface area (Å²) in [6, 6.07) is 5.22. The zero-order valence-corrected chi connectivity index (χ0v) is 14.2. The number of hydrogen-bond donors (Lipinski definition) is 1. The first-order chi connectivity index (χ1) is 12.0. The number of ether oxygens (including phenoxy) is 2. The molecule has 1 aliphatic heterocycles. The summed E-state index contributed by atoms with van der Waals surface area (Å²) in [7, 11) is 2.60. The molecule has 1 aromatic heterocycles. The monoisotopic (exact) mass is 343 g/mol. The maximum absolute atomic E-state index is 12.4. The summed E-state index contributed by atoms with van der Waals surface area (Å²) in [6.07, 6.45) is 0. The number of hydrogen-bond acceptors (Lipinski definition) is 8. The molecule has 0 fully saturated rings. The third-order valence-corrected chi connectivity index (χ3v) is 4.18. The van der Waals surface area contributed by atoms with Crippen LogP contribution in [0.1, 0.15) is 25.3 Å². The molecule has 8 heteroatoms. The summed E-state index contributed by atoms with van der Waals surface area (Å²) >= 11 is 0. The number of nitrogens with one attached hydrogen (secondary N) is 1. The highest BCUT2D eigenvalue weighted by atomic mass is 16.6. The molecule has 25 heavy (non-hydrogen) atoms. The molecule has 2 aromatic rings. The van der Waals surface area contributed by atoms with Gasteiger partial charge in [0.05, 0.1) is 31.3 Å². The van der Waals surface area contributed by atoms with Crippen molar-refractivity contribution in [2.45, 2.75) is 19.8 Å². The van der Waals surface area contributed by atoms with E-state index in [-0.39, 0.29) is 0 Å². The number of esters is 2. The van der Waals surface area contributed by atoms with Crippen LogP contribution in [0.25, 0.3) is 11.0 Å². The van der Waals surface area contributed by atoms with Gasteiger partial charge in [-0.25, -0.2) is 14.2 Å². The Labute approximate surface area is 143 Å². The number of fused-ring (bicyclic) bond motifs is 1. The van der Waals surface area contributed by atoms with Crippen LogP contribution in [0.3, 0.4) is 0 Å². The first-order valence-corrected chi connectivity index (χ1v) is 7.55. The van der Waals surface area contributed by atoms with Crippen molar-refractivity contribution in [2.75, 3.05) is 14.2 Å². The van der Waals surface area contributed by atoms with Crippen molar-refractivity contribution < 1.29 is 23.7 Å². The molecule has 130 valence electrons. The van der Waals surface area contributed by atoms with Crippen LogP contribution in [0.2, 0.25) is 0 Å². The van der Waals surface area contributed by atoms with Gasteiger partial charge in [-0.05, 0) is 41.9 Å². The number of rotatable bonds is 3. The molecule has 2 heterocycles. The highest BCUT2D eigenvalue weighted by Crippen LogP contribution is 2.39. The Morgan fingerprint density at radius 1 is 1.00 bits per heavy atom. The highest BCUT2D eigenvalue weighted by Gasteiger charge is 2.37. The number of benzene rings is 1. The van der Waals surface area contributed by atoms with E-state index in [0.717, 1.165) is 0 Å². The van der Waals surface area contributed by atoms with Crippen LogP contribution >= 0.6 is 0 Å². The number of aromatic nitrogens is 2. The van der Waals surface area contributed by atoms with Gasteiger partial charge in [0.1, 0.15) is 11.0 Å². The fourth-order valence-corrected chi connectivity index (χ4v) is 3.07. The topological polar surface area (TPSA) is 104 Å². The van der Waals surface area contributed by atoms with Gasteiger partial charge >= 0.3 is 11.9 Å². The third kappa shape index (κ3) is 2.75. The summed E-state index contributed by atoms with van der Waals surface area (Å²) in [5, 5.41) is 10.6. The van der Waals surface area contributed by atoms with Gasteiger partial charge in [0, 0.05) is 11.4 Å². The normalized spacial score (nSPS) is 15.4. The average molecular weight is 343 g/mol. The van der Waals surface area contributed by atoms with E-state index in [2.05, 4.69) is 15.6 Å². The van der Waals surface area contributed by atoms with E-state index in [4.69, 9.17) is 14.1 Å². The zero-order valence-electron chi connectivity index (χ0n) is 14.2. The quantitative estimate of drug-likeness (QED) is 0.842. The van der Waals surface area contributed by atoms with Crippen LogP contribution in [0, 0.1) is 0 Å². The minimum atomic E-state index is -0.651. The largest absolute Gasteiger partial charge is 0.466 e. The van der Waals surface area contributed by atoms with Crippen molar-refractivity contribution in [3.8, 4) is 0 Å². The second kappa shape index (κ2) is 6.39. The summed E-state index contributed by atoms with van der Waals surface area (Å²) < 4.78 is 14.6. The number of carbonyl (C=O) groups is 2. The Bertz CT molecular complexity index is 887. The van der Waals surface area contributed by atoms with E-state index in [0.29, 0.717) is 39.1 Å². The van der Waals surface area contributed by atoms with Crippen LogP contribution in [0.4, 0.5) is 0 Å². The van der Waals surface area contributed by atoms with Crippen LogP contribution in [-0.4, -0.2) is 36.5 Å². The van der Waals surface area contributed by atoms with Gasteiger partial charge < -0.3 is 14.8 Å². The molecule has 0 atom stereocenters. The van der Waals surface area contributed by atoms with Crippen molar-refractivity contribution in [1.82, 2.24) is 15.6 Å². The van der Waals surface area contributed by atoms with Crippen LogP contribution in [0.5, 0.6) is 0 Å². The van der Waals surface area contributed by atoms with Crippen LogP contribution in [0.15, 0.2) is 45.4 Å². The van der Waals surface area contributed by atoms with Gasteiger partial charge in [-0.15, -0.1) is 0 Å². The van der Waals surface area contributed by atoms with E-state index in [1.165, 1.54) is 14.2 Å². The van der Waals surface area contributed by atoms with Crippen LogP contribution < -0.4 is 5.32 Å². The van der Waals surface area contributed by atoms with Gasteiger partial charge in [0.2, 0.25) is 0 Å². The minimum absolute atomic E-state index is 0.337. The van der Waals surface area contributed by atoms with E-state index >= 15 is 0 Å². The Balaban J connectivity index is 2.23. The molecule has 0 saturated heterocycles. The number of carbonyl (C=O) groups excluding carboxylic acids is 2. The number of dihydropyridines is 1. The lowest BCUT2D eigenvalue weighted by molar-refractivity contribution is -0.137. The highest BCUT2D eigenvalue weighted by molar-refractivity contribution is 6.00. The molecule has 0 saturated carbocycles. The molecule has 8 nitrogen and oxygen atoms in total. The van der Waals surface area contributed by atoms with E-state index in [9.17, 15) is 9.59 Å². The second-order valence-electron chi connectivity index (χ2n) is 5.63. The Morgan fingerprint density at radius 2 is 1.56 bits per heavy atom. The summed E-state index contributed by atoms with van der Waals surface area (Å²) in [5.41, 5.74) is 3.69. The van der Waals surface area contributed by atoms with Crippen LogP contribution in [-0.2, 0) is 19.1 Å². The first kappa shape index (κ1) is 16.7. The van der Waals surface area contributed by atoms with Gasteiger partial charge in [-0.1, -0.05) is 6.07 Å². The van der Waals surface area contributed by atoms with Gasteiger partial charge in [0.25, 0.3) is 0 Å². The summed E-state index contributed by atoms with van der Waals surface area (Å²) in [4.78, 5) is 24.8. The molecule has 1 N–H and O–H groups in total. The molecule has 3 rings (SSSR count). The summed E-state index contributed by atoms with van der Waals surface area (Å²) in [5.74, 6) is -1.70. The molecule has 0 amide bonds. The fourth-order valence-electron chi connectivity index (χ4n) is 3.07. The molecular weight excluding hydrogens is 326 g/mol. The predicted molar refractivity (Wildman–Crippen MR) is 87.1 cm³/mol. The lowest BCUT2D eigenvalue weighted by atomic mass is 9.80. The predicted octanol–water partition coefficient (Wildman–Crippen LogP) is 1.80. The van der Waals surface area contributed by atoms with Gasteiger partial charge in [-0.2, -0.15) is 0 Å². The fraction of sp³-hybridized carbons (Fsp3) is 0.294. The first-order valence-electron chi connectivity index (χ1n) is 7.55. The number of nitrogens with zero attached hydrogens (tertiary/aromatic N) is 2. The van der Waals surface area contributed by atoms with Crippen molar-refractivity contribution in [3.05, 3.63) is 46.3 Å². The average Bonchev–Trinajstić information content (AvgIpc) is 3.07. The Hall–Kier alpha value is -3.16. The molecule has 0 unspecified atom stereocenters. The van der Waals surface area contributed by atoms with Gasteiger partial charge in [0.15, 0.2) is 0 Å².